The summed E-state index contributed by atoms with van der Waals surface area (Å²) in [6.07, 6.45) is 10.5. The highest BCUT2D eigenvalue weighted by Crippen LogP contribution is 2.19. The minimum absolute atomic E-state index is 0.0510. The monoisotopic (exact) mass is 260 g/mol. The molecule has 2 heterocycles. The molecule has 1 aromatic rings. The molecule has 0 unspecified atom stereocenters. The highest BCUT2D eigenvalue weighted by Gasteiger charge is 2.24. The summed E-state index contributed by atoms with van der Waals surface area (Å²) in [4.78, 5) is 22.7. The topological polar surface area (TPSA) is 58.1 Å². The van der Waals surface area contributed by atoms with Crippen molar-refractivity contribution in [1.82, 2.24) is 15.3 Å². The smallest absolute Gasteiger partial charge is 0.254 e. The third-order valence-electron chi connectivity index (χ3n) is 3.70. The summed E-state index contributed by atoms with van der Waals surface area (Å²) in [6, 6.07) is 0.373. The maximum absolute atomic E-state index is 11.8. The lowest BCUT2D eigenvalue weighted by atomic mass is 10.2. The third kappa shape index (κ3) is 3.22. The second-order valence-corrected chi connectivity index (χ2v) is 5.42. The standard InChI is InChI=1S/C14H20N4O/c19-13(17-12-5-6-12)11-9-15-14(16-10-11)18-7-3-1-2-4-8-18/h9-10,12H,1-8H2,(H,17,19). The van der Waals surface area contributed by atoms with E-state index in [-0.39, 0.29) is 5.91 Å². The first-order valence-corrected chi connectivity index (χ1v) is 7.21. The molecular weight excluding hydrogens is 240 g/mol. The highest BCUT2D eigenvalue weighted by atomic mass is 16.1. The molecular formula is C14H20N4O. The van der Waals surface area contributed by atoms with Gasteiger partial charge in [0, 0.05) is 31.5 Å². The van der Waals surface area contributed by atoms with Crippen LogP contribution in [0, 0.1) is 0 Å². The van der Waals surface area contributed by atoms with Crippen LogP contribution in [0.25, 0.3) is 0 Å². The van der Waals surface area contributed by atoms with Crippen LogP contribution in [0.5, 0.6) is 0 Å². The molecule has 2 aliphatic rings. The quantitative estimate of drug-likeness (QED) is 0.899. The van der Waals surface area contributed by atoms with E-state index >= 15 is 0 Å². The van der Waals surface area contributed by atoms with Crippen LogP contribution < -0.4 is 10.2 Å². The molecule has 3 rings (SSSR count). The number of aromatic nitrogens is 2. The van der Waals surface area contributed by atoms with Gasteiger partial charge in [-0.3, -0.25) is 4.79 Å². The van der Waals surface area contributed by atoms with Gasteiger partial charge < -0.3 is 10.2 Å². The van der Waals surface area contributed by atoms with Gasteiger partial charge in [0.2, 0.25) is 5.95 Å². The van der Waals surface area contributed by atoms with Crippen molar-refractivity contribution >= 4 is 11.9 Å². The summed E-state index contributed by atoms with van der Waals surface area (Å²) < 4.78 is 0. The summed E-state index contributed by atoms with van der Waals surface area (Å²) in [5, 5.41) is 2.95. The fourth-order valence-electron chi connectivity index (χ4n) is 2.37. The van der Waals surface area contributed by atoms with Gasteiger partial charge in [-0.25, -0.2) is 9.97 Å². The van der Waals surface area contributed by atoms with Crippen molar-refractivity contribution in [3.05, 3.63) is 18.0 Å². The van der Waals surface area contributed by atoms with E-state index in [1.54, 1.807) is 12.4 Å². The molecule has 1 N–H and O–H groups in total. The van der Waals surface area contributed by atoms with E-state index in [9.17, 15) is 4.79 Å². The predicted molar refractivity (Wildman–Crippen MR) is 73.2 cm³/mol. The Morgan fingerprint density at radius 2 is 1.74 bits per heavy atom. The third-order valence-corrected chi connectivity index (χ3v) is 3.70. The molecule has 19 heavy (non-hydrogen) atoms. The molecule has 0 radical (unpaired) electrons. The molecule has 0 atom stereocenters. The molecule has 0 bridgehead atoms. The number of anilines is 1. The number of carbonyl (C=O) groups excluding carboxylic acids is 1. The molecule has 1 aromatic heterocycles. The summed E-state index contributed by atoms with van der Waals surface area (Å²) in [6.45, 7) is 2.04. The second kappa shape index (κ2) is 5.55. The van der Waals surface area contributed by atoms with Gasteiger partial charge in [0.15, 0.2) is 0 Å². The lowest BCUT2D eigenvalue weighted by molar-refractivity contribution is 0.0950. The Balaban J connectivity index is 1.65. The SMILES string of the molecule is O=C(NC1CC1)c1cnc(N2CCCCCC2)nc1. The van der Waals surface area contributed by atoms with Gasteiger partial charge in [-0.2, -0.15) is 0 Å². The van der Waals surface area contributed by atoms with E-state index in [0.717, 1.165) is 31.9 Å². The average molecular weight is 260 g/mol. The van der Waals surface area contributed by atoms with E-state index in [4.69, 9.17) is 0 Å². The molecule has 1 aliphatic carbocycles. The Morgan fingerprint density at radius 1 is 1.11 bits per heavy atom. The van der Waals surface area contributed by atoms with Gasteiger partial charge in [0.05, 0.1) is 5.56 Å². The molecule has 2 fully saturated rings. The van der Waals surface area contributed by atoms with E-state index in [1.807, 2.05) is 0 Å². The van der Waals surface area contributed by atoms with Crippen LogP contribution in [-0.2, 0) is 0 Å². The highest BCUT2D eigenvalue weighted by molar-refractivity contribution is 5.94. The Kier molecular flexibility index (Phi) is 3.62. The Labute approximate surface area is 113 Å². The van der Waals surface area contributed by atoms with Crippen molar-refractivity contribution in [2.45, 2.75) is 44.6 Å². The summed E-state index contributed by atoms with van der Waals surface area (Å²) in [5.41, 5.74) is 0.561. The van der Waals surface area contributed by atoms with Crippen molar-refractivity contribution in [2.75, 3.05) is 18.0 Å². The molecule has 5 heteroatoms. The van der Waals surface area contributed by atoms with Crippen molar-refractivity contribution in [3.63, 3.8) is 0 Å². The molecule has 1 saturated carbocycles. The first-order valence-electron chi connectivity index (χ1n) is 7.21. The van der Waals surface area contributed by atoms with Crippen LogP contribution in [0.1, 0.15) is 48.9 Å². The molecule has 0 aromatic carbocycles. The maximum atomic E-state index is 11.8. The Bertz CT molecular complexity index is 433. The van der Waals surface area contributed by atoms with E-state index < -0.39 is 0 Å². The minimum atomic E-state index is -0.0510. The first kappa shape index (κ1) is 12.4. The number of amides is 1. The minimum Gasteiger partial charge on any atom is -0.349 e. The van der Waals surface area contributed by atoms with Crippen molar-refractivity contribution in [2.24, 2.45) is 0 Å². The lowest BCUT2D eigenvalue weighted by Crippen LogP contribution is -2.28. The largest absolute Gasteiger partial charge is 0.349 e. The number of nitrogens with one attached hydrogen (secondary N) is 1. The zero-order chi connectivity index (χ0) is 13.1. The van der Waals surface area contributed by atoms with Gasteiger partial charge in [0.1, 0.15) is 0 Å². The number of nitrogens with zero attached hydrogens (tertiary/aromatic N) is 3. The fraction of sp³-hybridized carbons (Fsp3) is 0.643. The maximum Gasteiger partial charge on any atom is 0.254 e. The zero-order valence-corrected chi connectivity index (χ0v) is 11.1. The second-order valence-electron chi connectivity index (χ2n) is 5.42. The predicted octanol–water partition coefficient (Wildman–Crippen LogP) is 1.75. The van der Waals surface area contributed by atoms with Gasteiger partial charge in [0.25, 0.3) is 5.91 Å². The van der Waals surface area contributed by atoms with Crippen LogP contribution in [0.2, 0.25) is 0 Å². The summed E-state index contributed by atoms with van der Waals surface area (Å²) in [5.74, 6) is 0.704. The number of hydrogen-bond donors (Lipinski definition) is 1. The van der Waals surface area contributed by atoms with Crippen LogP contribution in [-0.4, -0.2) is 35.0 Å². The Hall–Kier alpha value is -1.65. The average Bonchev–Trinajstić information content (AvgIpc) is 3.25. The molecule has 0 spiro atoms. The van der Waals surface area contributed by atoms with E-state index in [2.05, 4.69) is 20.2 Å². The van der Waals surface area contributed by atoms with Gasteiger partial charge in [-0.05, 0) is 25.7 Å². The van der Waals surface area contributed by atoms with E-state index in [1.165, 1.54) is 25.7 Å². The van der Waals surface area contributed by atoms with E-state index in [0.29, 0.717) is 11.6 Å². The van der Waals surface area contributed by atoms with Crippen LogP contribution in [0.4, 0.5) is 5.95 Å². The molecule has 1 saturated heterocycles. The van der Waals surface area contributed by atoms with Crippen molar-refractivity contribution in [3.8, 4) is 0 Å². The normalized spacial score (nSPS) is 19.9. The molecule has 5 nitrogen and oxygen atoms in total. The summed E-state index contributed by atoms with van der Waals surface area (Å²) >= 11 is 0. The van der Waals surface area contributed by atoms with Gasteiger partial charge in [-0.15, -0.1) is 0 Å². The molecule has 1 amide bonds. The van der Waals surface area contributed by atoms with Crippen LogP contribution >= 0.6 is 0 Å². The van der Waals surface area contributed by atoms with Gasteiger partial charge >= 0.3 is 0 Å². The molecule has 1 aliphatic heterocycles. The summed E-state index contributed by atoms with van der Waals surface area (Å²) in [7, 11) is 0. The first-order chi connectivity index (χ1) is 9.33. The van der Waals surface area contributed by atoms with Crippen molar-refractivity contribution in [1.29, 1.82) is 0 Å². The lowest BCUT2D eigenvalue weighted by Gasteiger charge is -2.19. The number of carbonyl (C=O) groups is 1. The van der Waals surface area contributed by atoms with Crippen LogP contribution in [0.3, 0.4) is 0 Å². The Morgan fingerprint density at radius 3 is 2.32 bits per heavy atom. The fourth-order valence-corrected chi connectivity index (χ4v) is 2.37. The van der Waals surface area contributed by atoms with Crippen molar-refractivity contribution < 1.29 is 4.79 Å². The van der Waals surface area contributed by atoms with Crippen LogP contribution in [0.15, 0.2) is 12.4 Å². The van der Waals surface area contributed by atoms with Gasteiger partial charge in [-0.1, -0.05) is 12.8 Å². The zero-order valence-electron chi connectivity index (χ0n) is 11.1. The number of rotatable bonds is 3. The molecule has 102 valence electrons. The number of hydrogen-bond acceptors (Lipinski definition) is 4.